The van der Waals surface area contributed by atoms with Crippen LogP contribution in [0.25, 0.3) is 0 Å². The Morgan fingerprint density at radius 3 is 2.61 bits per heavy atom. The molecule has 0 aliphatic carbocycles. The summed E-state index contributed by atoms with van der Waals surface area (Å²) in [7, 11) is 0. The Bertz CT molecular complexity index is 431. The van der Waals surface area contributed by atoms with Gasteiger partial charge in [0.05, 0.1) is 0 Å². The van der Waals surface area contributed by atoms with E-state index in [1.54, 1.807) is 29.2 Å². The number of hydrogen-bond acceptors (Lipinski definition) is 2. The Morgan fingerprint density at radius 1 is 1.22 bits per heavy atom. The van der Waals surface area contributed by atoms with Crippen molar-refractivity contribution in [2.75, 3.05) is 6.54 Å². The summed E-state index contributed by atoms with van der Waals surface area (Å²) >= 11 is 0. The van der Waals surface area contributed by atoms with E-state index in [9.17, 15) is 9.59 Å². The fraction of sp³-hybridized carbons (Fsp3) is 0.429. The lowest BCUT2D eigenvalue weighted by atomic mass is 10.0. The van der Waals surface area contributed by atoms with Crippen LogP contribution in [0, 0.1) is 0 Å². The van der Waals surface area contributed by atoms with Crippen LogP contribution in [0.5, 0.6) is 0 Å². The van der Waals surface area contributed by atoms with E-state index < -0.39 is 0 Å². The van der Waals surface area contributed by atoms with Crippen molar-refractivity contribution in [1.29, 1.82) is 0 Å². The van der Waals surface area contributed by atoms with Crippen LogP contribution in [0.3, 0.4) is 0 Å². The Morgan fingerprint density at radius 2 is 1.94 bits per heavy atom. The first-order chi connectivity index (χ1) is 8.68. The molecule has 1 atom stereocenters. The molecule has 4 nitrogen and oxygen atoms in total. The molecule has 1 aliphatic heterocycles. The van der Waals surface area contributed by atoms with Crippen molar-refractivity contribution >= 4 is 11.9 Å². The first-order valence-corrected chi connectivity index (χ1v) is 6.35. The van der Waals surface area contributed by atoms with Gasteiger partial charge in [-0.15, -0.1) is 0 Å². The van der Waals surface area contributed by atoms with Gasteiger partial charge in [-0.05, 0) is 38.3 Å². The minimum absolute atomic E-state index is 0.210. The van der Waals surface area contributed by atoms with Gasteiger partial charge in [-0.3, -0.25) is 10.1 Å². The number of benzene rings is 1. The van der Waals surface area contributed by atoms with Crippen molar-refractivity contribution in [3.8, 4) is 0 Å². The summed E-state index contributed by atoms with van der Waals surface area (Å²) < 4.78 is 0. The summed E-state index contributed by atoms with van der Waals surface area (Å²) in [5.74, 6) is -0.335. The lowest BCUT2D eigenvalue weighted by Crippen LogP contribution is -2.49. The van der Waals surface area contributed by atoms with Gasteiger partial charge in [0, 0.05) is 18.2 Å². The van der Waals surface area contributed by atoms with Gasteiger partial charge < -0.3 is 4.90 Å². The van der Waals surface area contributed by atoms with E-state index >= 15 is 0 Å². The monoisotopic (exact) mass is 246 g/mol. The molecular formula is C14H18N2O2. The molecule has 0 saturated carbocycles. The lowest BCUT2D eigenvalue weighted by molar-refractivity contribution is 0.0938. The van der Waals surface area contributed by atoms with E-state index in [1.165, 1.54) is 0 Å². The van der Waals surface area contributed by atoms with Crippen LogP contribution in [0.15, 0.2) is 30.3 Å². The quantitative estimate of drug-likeness (QED) is 0.827. The highest BCUT2D eigenvalue weighted by molar-refractivity contribution is 6.04. The van der Waals surface area contributed by atoms with Gasteiger partial charge in [0.2, 0.25) is 0 Å². The highest BCUT2D eigenvalue weighted by Gasteiger charge is 2.24. The first kappa shape index (κ1) is 12.6. The summed E-state index contributed by atoms with van der Waals surface area (Å²) in [6, 6.07) is 8.72. The third-order valence-corrected chi connectivity index (χ3v) is 3.32. The summed E-state index contributed by atoms with van der Waals surface area (Å²) in [5.41, 5.74) is 0.510. The maximum Gasteiger partial charge on any atom is 0.324 e. The number of piperidine rings is 1. The molecule has 1 aliphatic rings. The molecule has 1 fully saturated rings. The van der Waals surface area contributed by atoms with Gasteiger partial charge in [-0.1, -0.05) is 18.2 Å². The predicted octanol–water partition coefficient (Wildman–Crippen LogP) is 2.41. The third-order valence-electron chi connectivity index (χ3n) is 3.32. The normalized spacial score (nSPS) is 19.4. The van der Waals surface area contributed by atoms with Crippen molar-refractivity contribution < 1.29 is 9.59 Å². The van der Waals surface area contributed by atoms with Crippen LogP contribution in [-0.2, 0) is 0 Å². The molecular weight excluding hydrogens is 228 g/mol. The highest BCUT2D eigenvalue weighted by atomic mass is 16.2. The molecule has 0 radical (unpaired) electrons. The summed E-state index contributed by atoms with van der Waals surface area (Å²) in [5, 5.41) is 2.44. The van der Waals surface area contributed by atoms with Crippen molar-refractivity contribution in [2.24, 2.45) is 0 Å². The third kappa shape index (κ3) is 2.88. The maximum atomic E-state index is 12.0. The fourth-order valence-electron chi connectivity index (χ4n) is 2.23. The molecule has 1 heterocycles. The topological polar surface area (TPSA) is 49.4 Å². The van der Waals surface area contributed by atoms with Gasteiger partial charge in [0.1, 0.15) is 0 Å². The Kier molecular flexibility index (Phi) is 3.97. The molecule has 4 heteroatoms. The van der Waals surface area contributed by atoms with E-state index in [0.717, 1.165) is 25.8 Å². The second-order valence-corrected chi connectivity index (χ2v) is 4.66. The van der Waals surface area contributed by atoms with E-state index in [-0.39, 0.29) is 18.0 Å². The molecule has 1 aromatic carbocycles. The zero-order valence-corrected chi connectivity index (χ0v) is 10.6. The standard InChI is InChI=1S/C14H18N2O2/c1-11-7-5-6-10-16(11)14(18)15-13(17)12-8-3-2-4-9-12/h2-4,8-9,11H,5-7,10H2,1H3,(H,15,17,18). The molecule has 18 heavy (non-hydrogen) atoms. The number of carbonyl (C=O) groups is 2. The lowest BCUT2D eigenvalue weighted by Gasteiger charge is -2.33. The van der Waals surface area contributed by atoms with Gasteiger partial charge in [-0.25, -0.2) is 4.79 Å². The number of hydrogen-bond donors (Lipinski definition) is 1. The Labute approximate surface area is 107 Å². The number of rotatable bonds is 1. The molecule has 0 bridgehead atoms. The average molecular weight is 246 g/mol. The van der Waals surface area contributed by atoms with Crippen molar-refractivity contribution in [1.82, 2.24) is 10.2 Å². The summed E-state index contributed by atoms with van der Waals surface area (Å²) in [6.07, 6.45) is 3.17. The number of amides is 3. The molecule has 1 saturated heterocycles. The van der Waals surface area contributed by atoms with Gasteiger partial charge >= 0.3 is 6.03 Å². The Hall–Kier alpha value is -1.84. The minimum Gasteiger partial charge on any atom is -0.322 e. The van der Waals surface area contributed by atoms with Crippen LogP contribution in [0.4, 0.5) is 4.79 Å². The van der Waals surface area contributed by atoms with Crippen LogP contribution in [0.1, 0.15) is 36.5 Å². The second-order valence-electron chi connectivity index (χ2n) is 4.66. The van der Waals surface area contributed by atoms with Gasteiger partial charge in [0.25, 0.3) is 5.91 Å². The van der Waals surface area contributed by atoms with Crippen LogP contribution in [-0.4, -0.2) is 29.4 Å². The number of urea groups is 1. The SMILES string of the molecule is CC1CCCCN1C(=O)NC(=O)c1ccccc1. The Balaban J connectivity index is 1.97. The summed E-state index contributed by atoms with van der Waals surface area (Å²) in [4.78, 5) is 25.6. The summed E-state index contributed by atoms with van der Waals surface area (Å²) in [6.45, 7) is 2.75. The molecule has 0 spiro atoms. The van der Waals surface area contributed by atoms with Crippen LogP contribution < -0.4 is 5.32 Å². The number of carbonyl (C=O) groups excluding carboxylic acids is 2. The fourth-order valence-corrected chi connectivity index (χ4v) is 2.23. The maximum absolute atomic E-state index is 12.0. The van der Waals surface area contributed by atoms with E-state index in [4.69, 9.17) is 0 Å². The molecule has 2 rings (SSSR count). The zero-order valence-electron chi connectivity index (χ0n) is 10.6. The smallest absolute Gasteiger partial charge is 0.322 e. The average Bonchev–Trinajstić information content (AvgIpc) is 2.40. The molecule has 3 amide bonds. The molecule has 96 valence electrons. The first-order valence-electron chi connectivity index (χ1n) is 6.35. The van der Waals surface area contributed by atoms with Crippen LogP contribution >= 0.6 is 0 Å². The van der Waals surface area contributed by atoms with Crippen LogP contribution in [0.2, 0.25) is 0 Å². The second kappa shape index (κ2) is 5.67. The highest BCUT2D eigenvalue weighted by Crippen LogP contribution is 2.16. The number of imide groups is 1. The zero-order chi connectivity index (χ0) is 13.0. The van der Waals surface area contributed by atoms with E-state index in [2.05, 4.69) is 5.32 Å². The molecule has 1 aromatic rings. The van der Waals surface area contributed by atoms with Crippen molar-refractivity contribution in [3.63, 3.8) is 0 Å². The van der Waals surface area contributed by atoms with Gasteiger partial charge in [0.15, 0.2) is 0 Å². The largest absolute Gasteiger partial charge is 0.324 e. The van der Waals surface area contributed by atoms with Gasteiger partial charge in [-0.2, -0.15) is 0 Å². The predicted molar refractivity (Wildman–Crippen MR) is 69.3 cm³/mol. The molecule has 1 unspecified atom stereocenters. The van der Waals surface area contributed by atoms with Crippen molar-refractivity contribution in [2.45, 2.75) is 32.2 Å². The minimum atomic E-state index is -0.335. The van der Waals surface area contributed by atoms with E-state index in [1.807, 2.05) is 13.0 Å². The molecule has 1 N–H and O–H groups in total. The molecule has 0 aromatic heterocycles. The number of nitrogens with zero attached hydrogens (tertiary/aromatic N) is 1. The number of nitrogens with one attached hydrogen (secondary N) is 1. The number of likely N-dealkylation sites (tertiary alicyclic amines) is 1. The van der Waals surface area contributed by atoms with E-state index in [0.29, 0.717) is 5.56 Å². The van der Waals surface area contributed by atoms with Crippen molar-refractivity contribution in [3.05, 3.63) is 35.9 Å².